The lowest BCUT2D eigenvalue weighted by atomic mass is 9.94. The predicted molar refractivity (Wildman–Crippen MR) is 102 cm³/mol. The normalized spacial score (nSPS) is 11.2. The molecule has 0 spiro atoms. The Morgan fingerprint density at radius 1 is 0.923 bits per heavy atom. The SMILES string of the molecule is O=C(O)c1c(/C=C\c2ccco2)nc2ccccc2c1-c1ccccc1. The minimum atomic E-state index is -1.01. The molecule has 4 heteroatoms. The highest BCUT2D eigenvalue weighted by Gasteiger charge is 2.20. The largest absolute Gasteiger partial charge is 0.478 e. The number of furan rings is 1. The Kier molecular flexibility index (Phi) is 4.07. The average Bonchev–Trinajstić information content (AvgIpc) is 3.19. The van der Waals surface area contributed by atoms with E-state index in [9.17, 15) is 9.90 Å². The lowest BCUT2D eigenvalue weighted by Crippen LogP contribution is -2.06. The first-order chi connectivity index (χ1) is 12.7. The van der Waals surface area contributed by atoms with Gasteiger partial charge in [-0.2, -0.15) is 0 Å². The standard InChI is InChI=1S/C22H15NO3/c24-22(25)21-19(13-12-16-9-6-14-26-16)23-18-11-5-4-10-17(18)20(21)15-7-2-1-3-8-15/h1-14H,(H,24,25)/b13-12-. The number of carbonyl (C=O) groups is 1. The highest BCUT2D eigenvalue weighted by molar-refractivity contribution is 6.09. The Balaban J connectivity index is 2.03. The molecule has 4 nitrogen and oxygen atoms in total. The number of para-hydroxylation sites is 1. The molecule has 2 aromatic carbocycles. The van der Waals surface area contributed by atoms with Crippen LogP contribution in [0.1, 0.15) is 21.8 Å². The Morgan fingerprint density at radius 2 is 1.69 bits per heavy atom. The van der Waals surface area contributed by atoms with E-state index in [1.54, 1.807) is 30.5 Å². The van der Waals surface area contributed by atoms with Gasteiger partial charge in [0.15, 0.2) is 0 Å². The molecule has 0 saturated heterocycles. The minimum absolute atomic E-state index is 0.178. The van der Waals surface area contributed by atoms with Crippen molar-refractivity contribution in [2.24, 2.45) is 0 Å². The fourth-order valence-corrected chi connectivity index (χ4v) is 3.02. The summed E-state index contributed by atoms with van der Waals surface area (Å²) < 4.78 is 5.30. The van der Waals surface area contributed by atoms with Gasteiger partial charge in [-0.05, 0) is 35.9 Å². The second-order valence-corrected chi connectivity index (χ2v) is 5.78. The van der Waals surface area contributed by atoms with Gasteiger partial charge in [-0.25, -0.2) is 9.78 Å². The Hall–Kier alpha value is -3.66. The van der Waals surface area contributed by atoms with Gasteiger partial charge in [0.25, 0.3) is 0 Å². The molecule has 26 heavy (non-hydrogen) atoms. The molecular formula is C22H15NO3. The third kappa shape index (κ3) is 2.89. The van der Waals surface area contributed by atoms with E-state index in [1.807, 2.05) is 54.6 Å². The van der Waals surface area contributed by atoms with Crippen LogP contribution >= 0.6 is 0 Å². The molecule has 0 radical (unpaired) electrons. The van der Waals surface area contributed by atoms with Crippen LogP contribution in [0.25, 0.3) is 34.2 Å². The first-order valence-electron chi connectivity index (χ1n) is 8.17. The summed E-state index contributed by atoms with van der Waals surface area (Å²) in [6.07, 6.45) is 4.97. The molecular weight excluding hydrogens is 326 g/mol. The number of rotatable bonds is 4. The van der Waals surface area contributed by atoms with Crippen LogP contribution < -0.4 is 0 Å². The molecule has 0 bridgehead atoms. The van der Waals surface area contributed by atoms with E-state index in [-0.39, 0.29) is 5.56 Å². The molecule has 0 saturated carbocycles. The number of aromatic carboxylic acids is 1. The maximum absolute atomic E-state index is 12.1. The topological polar surface area (TPSA) is 63.3 Å². The number of fused-ring (bicyclic) bond motifs is 1. The van der Waals surface area contributed by atoms with E-state index >= 15 is 0 Å². The first-order valence-corrected chi connectivity index (χ1v) is 8.17. The maximum Gasteiger partial charge on any atom is 0.338 e. The number of hydrogen-bond donors (Lipinski definition) is 1. The zero-order valence-electron chi connectivity index (χ0n) is 13.8. The van der Waals surface area contributed by atoms with Gasteiger partial charge in [0, 0.05) is 10.9 Å². The summed E-state index contributed by atoms with van der Waals surface area (Å²) in [4.78, 5) is 16.7. The van der Waals surface area contributed by atoms with E-state index in [0.29, 0.717) is 17.0 Å². The van der Waals surface area contributed by atoms with Crippen LogP contribution in [0.5, 0.6) is 0 Å². The Bertz CT molecular complexity index is 1100. The molecule has 0 fully saturated rings. The average molecular weight is 341 g/mol. The molecule has 4 rings (SSSR count). The van der Waals surface area contributed by atoms with Crippen LogP contribution in [-0.2, 0) is 0 Å². The molecule has 126 valence electrons. The Morgan fingerprint density at radius 3 is 2.42 bits per heavy atom. The third-order valence-corrected chi connectivity index (χ3v) is 4.15. The number of aromatic nitrogens is 1. The Labute approximate surface area is 150 Å². The number of carboxylic acid groups (broad SMARTS) is 1. The van der Waals surface area contributed by atoms with E-state index < -0.39 is 5.97 Å². The zero-order valence-corrected chi connectivity index (χ0v) is 13.8. The van der Waals surface area contributed by atoms with Gasteiger partial charge in [-0.15, -0.1) is 0 Å². The molecule has 0 aliphatic carbocycles. The molecule has 0 aliphatic heterocycles. The summed E-state index contributed by atoms with van der Waals surface area (Å²) in [6, 6.07) is 20.7. The lowest BCUT2D eigenvalue weighted by Gasteiger charge is -2.13. The van der Waals surface area contributed by atoms with Crippen molar-refractivity contribution in [2.75, 3.05) is 0 Å². The summed E-state index contributed by atoms with van der Waals surface area (Å²) in [5.74, 6) is -0.376. The molecule has 0 unspecified atom stereocenters. The van der Waals surface area contributed by atoms with Crippen molar-refractivity contribution in [2.45, 2.75) is 0 Å². The molecule has 0 amide bonds. The highest BCUT2D eigenvalue weighted by Crippen LogP contribution is 2.33. The molecule has 2 aromatic heterocycles. The zero-order chi connectivity index (χ0) is 17.9. The predicted octanol–water partition coefficient (Wildman–Crippen LogP) is 5.36. The number of nitrogens with zero attached hydrogens (tertiary/aromatic N) is 1. The van der Waals surface area contributed by atoms with Crippen molar-refractivity contribution < 1.29 is 14.3 Å². The van der Waals surface area contributed by atoms with E-state index in [0.717, 1.165) is 16.5 Å². The lowest BCUT2D eigenvalue weighted by molar-refractivity contribution is 0.0697. The fraction of sp³-hybridized carbons (Fsp3) is 0. The smallest absolute Gasteiger partial charge is 0.338 e. The number of hydrogen-bond acceptors (Lipinski definition) is 3. The molecule has 4 aromatic rings. The van der Waals surface area contributed by atoms with Crippen molar-refractivity contribution in [1.82, 2.24) is 4.98 Å². The molecule has 0 aliphatic rings. The fourth-order valence-electron chi connectivity index (χ4n) is 3.02. The second-order valence-electron chi connectivity index (χ2n) is 5.78. The van der Waals surface area contributed by atoms with Gasteiger partial charge in [-0.1, -0.05) is 48.5 Å². The van der Waals surface area contributed by atoms with Crippen LogP contribution in [0, 0.1) is 0 Å². The van der Waals surface area contributed by atoms with Crippen LogP contribution in [0.2, 0.25) is 0 Å². The van der Waals surface area contributed by atoms with Crippen LogP contribution in [0.3, 0.4) is 0 Å². The van der Waals surface area contributed by atoms with E-state index in [4.69, 9.17) is 4.42 Å². The van der Waals surface area contributed by atoms with Crippen molar-refractivity contribution in [3.63, 3.8) is 0 Å². The summed E-state index contributed by atoms with van der Waals surface area (Å²) >= 11 is 0. The van der Waals surface area contributed by atoms with Gasteiger partial charge in [0.05, 0.1) is 23.0 Å². The molecule has 2 heterocycles. The molecule has 1 N–H and O–H groups in total. The van der Waals surface area contributed by atoms with Gasteiger partial charge < -0.3 is 9.52 Å². The highest BCUT2D eigenvalue weighted by atomic mass is 16.4. The summed E-state index contributed by atoms with van der Waals surface area (Å²) in [6.45, 7) is 0. The number of pyridine rings is 1. The van der Waals surface area contributed by atoms with E-state index in [2.05, 4.69) is 4.98 Å². The number of carboxylic acids is 1. The van der Waals surface area contributed by atoms with Gasteiger partial charge in [0.2, 0.25) is 0 Å². The van der Waals surface area contributed by atoms with Crippen molar-refractivity contribution in [3.8, 4) is 11.1 Å². The second kappa shape index (κ2) is 6.69. The van der Waals surface area contributed by atoms with Crippen molar-refractivity contribution in [1.29, 1.82) is 0 Å². The van der Waals surface area contributed by atoms with Crippen molar-refractivity contribution in [3.05, 3.63) is 90.0 Å². The van der Waals surface area contributed by atoms with Crippen molar-refractivity contribution >= 4 is 29.0 Å². The third-order valence-electron chi connectivity index (χ3n) is 4.15. The maximum atomic E-state index is 12.1. The summed E-state index contributed by atoms with van der Waals surface area (Å²) in [5.41, 5.74) is 2.83. The minimum Gasteiger partial charge on any atom is -0.478 e. The summed E-state index contributed by atoms with van der Waals surface area (Å²) in [5, 5.41) is 10.7. The van der Waals surface area contributed by atoms with Crippen LogP contribution in [-0.4, -0.2) is 16.1 Å². The first kappa shape index (κ1) is 15.8. The van der Waals surface area contributed by atoms with Crippen LogP contribution in [0.4, 0.5) is 0 Å². The molecule has 0 atom stereocenters. The van der Waals surface area contributed by atoms with Gasteiger partial charge in [0.1, 0.15) is 5.76 Å². The number of benzene rings is 2. The monoisotopic (exact) mass is 341 g/mol. The van der Waals surface area contributed by atoms with Gasteiger partial charge >= 0.3 is 5.97 Å². The van der Waals surface area contributed by atoms with Gasteiger partial charge in [-0.3, -0.25) is 0 Å². The summed E-state index contributed by atoms with van der Waals surface area (Å²) in [7, 11) is 0. The quantitative estimate of drug-likeness (QED) is 0.542. The van der Waals surface area contributed by atoms with Crippen LogP contribution in [0.15, 0.2) is 77.4 Å². The van der Waals surface area contributed by atoms with E-state index in [1.165, 1.54) is 0 Å².